The molecule has 150 heavy (non-hydrogen) atoms. The van der Waals surface area contributed by atoms with Gasteiger partial charge in [0.05, 0.1) is 113 Å². The van der Waals surface area contributed by atoms with Crippen LogP contribution in [-0.2, 0) is 60.7 Å². The van der Waals surface area contributed by atoms with Crippen molar-refractivity contribution in [2.75, 3.05) is 106 Å². The Labute approximate surface area is 821 Å². The lowest BCUT2D eigenvalue weighted by atomic mass is 10.0. The van der Waals surface area contributed by atoms with Crippen LogP contribution in [0.25, 0.3) is 179 Å². The molecule has 0 spiro atoms. The quantitative estimate of drug-likeness (QED) is 0.0113. The molecule has 2 aliphatic heterocycles. The van der Waals surface area contributed by atoms with E-state index in [9.17, 15) is 77.8 Å². The number of benzene rings is 7. The molecule has 16 N–H and O–H groups in total. The van der Waals surface area contributed by atoms with Crippen molar-refractivity contribution in [1.29, 1.82) is 0 Å². The molecule has 8 aromatic heterocycles. The van der Waals surface area contributed by atoms with Gasteiger partial charge in [-0.2, -0.15) is 50.5 Å². The molecular weight excluding hydrogens is 2190 g/mol. The zero-order valence-corrected chi connectivity index (χ0v) is 78.4. The summed E-state index contributed by atoms with van der Waals surface area (Å²) in [6.45, 7) is -7.68. The standard InChI is InChI=1S/C88H54F24N14O18S6/c89-57-51(58(90)70(102)83(69(57)101)113-13-19-145(127,128)129)45-31-3-1-29(119-31)43-27-25-41-49(55-65(97)77(109)87(78(110)66(55)98)117-17-23-149(139,140)141)39-11-9-38(123-39)48(54-63(95)75(107)86(76(108)64(54)96)116-16-22-148(136,137)138)36-8-6-34(122-36)46(52-59(91)71(103)84(72(104)60(52)92)114-14-20-146(130,131)132)32-4-2-30(120-32)44(82(27)126-41)28-26-42(125-81(28)43)50(56-67(99)79(111)88(80(112)68(56)100)118-18-24-150(142,143)144)40-12-10-37(124-40)47(35-7-5-33(45)121-35)53-61(93)73(105)85(74(106)62(53)94)115-15-21-147(133,134)135/h1-12,25-26,113-120,123-124H,13-24H2,(H,127,128,129)(H,130,131,132)(H,133,134,135)(H,136,137,138)(H,139,140,141)(H,142,143,144). The van der Waals surface area contributed by atoms with E-state index < -0.39 is 486 Å². The third-order valence-electron chi connectivity index (χ3n) is 23.3. The SMILES string of the molecule is O=S(=O)(O)CCNc1c(F)c(F)c(-c2c3nc(c(-c4c(F)c(F)c(NCCS(=O)(=O)O)c(F)c4F)c4ccc([nH]4)c4c5cc6nc5c(c5ccc([nH]5)c(-c5c(F)c(F)c(NCCS(=O)(=O)O)c(F)c5F)c5nc(c(-c7c(F)c(F)c(NCCS(=O)(=O)O)c(F)c7F)c7ccc([nH]7)c6-c6c(F)c(F)c(NCCS(=O)(=O)O)c(F)c6F)C=C5)c5cc(nc54)c(-c4c(F)c(F)c(NCCS(=O)(=O)O)c(F)c4F)c4ccc2[nH]4)C=C3)c(F)c1F. The smallest absolute Gasteiger partial charge is 0.266 e. The molecule has 0 aliphatic carbocycles. The average molecular weight is 2240 g/mol. The van der Waals surface area contributed by atoms with E-state index in [1.54, 1.807) is 31.9 Å². The normalized spacial score (nSPS) is 12.8. The van der Waals surface area contributed by atoms with Gasteiger partial charge in [0.15, 0.2) is 140 Å². The van der Waals surface area contributed by atoms with Crippen LogP contribution in [0.1, 0.15) is 22.8 Å². The van der Waals surface area contributed by atoms with Crippen molar-refractivity contribution in [3.05, 3.63) is 223 Å². The Bertz CT molecular complexity index is 8880. The van der Waals surface area contributed by atoms with Crippen LogP contribution in [0.15, 0.2) is 60.7 Å². The largest absolute Gasteiger partial charge is 0.379 e. The van der Waals surface area contributed by atoms with Gasteiger partial charge < -0.3 is 51.8 Å². The van der Waals surface area contributed by atoms with E-state index in [0.29, 0.717) is 72.8 Å². The topological polar surface area (TPSA) is 513 Å². The second kappa shape index (κ2) is 38.9. The Morgan fingerprint density at radius 3 is 0.533 bits per heavy atom. The molecule has 17 rings (SSSR count). The van der Waals surface area contributed by atoms with Crippen molar-refractivity contribution in [1.82, 2.24) is 39.9 Å². The Balaban J connectivity index is 1.13. The second-order valence-corrected chi connectivity index (χ2v) is 42.1. The Hall–Kier alpha value is -14.9. The highest BCUT2D eigenvalue weighted by Gasteiger charge is 2.40. The van der Waals surface area contributed by atoms with Gasteiger partial charge in [0.25, 0.3) is 60.7 Å². The minimum absolute atomic E-state index is 0.538. The summed E-state index contributed by atoms with van der Waals surface area (Å²) in [5.41, 5.74) is -49.6. The number of hydrogen-bond acceptors (Lipinski definition) is 22. The lowest BCUT2D eigenvalue weighted by Gasteiger charge is -2.15. The van der Waals surface area contributed by atoms with Gasteiger partial charge in [-0.3, -0.25) is 27.3 Å². The third kappa shape index (κ3) is 19.5. The molecule has 0 radical (unpaired) electrons. The predicted octanol–water partition coefficient (Wildman–Crippen LogP) is 18.7. The first-order valence-electron chi connectivity index (χ1n) is 41.9. The summed E-state index contributed by atoms with van der Waals surface area (Å²) in [5.74, 6) is -70.1. The van der Waals surface area contributed by atoms with Gasteiger partial charge in [-0.05, 0) is 85.0 Å². The van der Waals surface area contributed by atoms with Crippen LogP contribution < -0.4 is 31.9 Å². The molecule has 0 fully saturated rings. The molecular formula is C88H54F24N14O18S6. The van der Waals surface area contributed by atoms with Gasteiger partial charge in [-0.15, -0.1) is 0 Å². The molecule has 2 aliphatic rings. The van der Waals surface area contributed by atoms with Crippen LogP contribution in [0, 0.1) is 140 Å². The first-order valence-corrected chi connectivity index (χ1v) is 51.5. The number of nitrogens with zero attached hydrogens (tertiary/aromatic N) is 4. The molecule has 62 heteroatoms. The Morgan fingerprint density at radius 1 is 0.207 bits per heavy atom. The number of anilines is 6. The van der Waals surface area contributed by atoms with E-state index in [1.165, 1.54) is 0 Å². The summed E-state index contributed by atoms with van der Waals surface area (Å²) in [4.78, 5) is 27.8. The number of nitrogens with one attached hydrogen (secondary N) is 10. The predicted molar refractivity (Wildman–Crippen MR) is 498 cm³/mol. The minimum Gasteiger partial charge on any atom is -0.379 e. The van der Waals surface area contributed by atoms with E-state index in [1.807, 2.05) is 0 Å². The number of rotatable bonds is 30. The van der Waals surface area contributed by atoms with Crippen molar-refractivity contribution >= 4 is 207 Å². The maximum Gasteiger partial charge on any atom is 0.266 e. The third-order valence-corrected chi connectivity index (χ3v) is 27.6. The van der Waals surface area contributed by atoms with E-state index in [2.05, 4.69) is 29.9 Å². The molecule has 32 nitrogen and oxygen atoms in total. The maximum atomic E-state index is 18.2. The van der Waals surface area contributed by atoms with E-state index >= 15 is 105 Å². The van der Waals surface area contributed by atoms with Gasteiger partial charge >= 0.3 is 0 Å². The second-order valence-electron chi connectivity index (χ2n) is 32.7. The van der Waals surface area contributed by atoms with Crippen molar-refractivity contribution in [3.8, 4) is 66.8 Å². The lowest BCUT2D eigenvalue weighted by molar-refractivity contribution is 0.462. The molecule has 788 valence electrons. The Morgan fingerprint density at radius 2 is 0.360 bits per heavy atom. The summed E-state index contributed by atoms with van der Waals surface area (Å²) in [5, 5.41) is 6.79. The number of hydrogen-bond donors (Lipinski definition) is 16. The van der Waals surface area contributed by atoms with Gasteiger partial charge in [-0.25, -0.2) is 125 Å². The monoisotopic (exact) mass is 2240 g/mol. The minimum atomic E-state index is -5.15. The zero-order valence-electron chi connectivity index (χ0n) is 73.5. The molecule has 16 bridgehead atoms. The highest BCUT2D eigenvalue weighted by molar-refractivity contribution is 7.87. The maximum absolute atomic E-state index is 18.2. The lowest BCUT2D eigenvalue weighted by Crippen LogP contribution is -2.17. The fourth-order valence-electron chi connectivity index (χ4n) is 17.0. The van der Waals surface area contributed by atoms with Crippen LogP contribution in [0.2, 0.25) is 0 Å². The summed E-state index contributed by atoms with van der Waals surface area (Å²) >= 11 is 0. The summed E-state index contributed by atoms with van der Waals surface area (Å²) < 4.78 is 619. The molecule has 10 heterocycles. The molecule has 15 aromatic rings. The Kier molecular flexibility index (Phi) is 27.6. The zero-order chi connectivity index (χ0) is 109. The van der Waals surface area contributed by atoms with Crippen molar-refractivity contribution in [3.63, 3.8) is 0 Å². The van der Waals surface area contributed by atoms with Gasteiger partial charge in [0, 0.05) is 138 Å². The van der Waals surface area contributed by atoms with Crippen LogP contribution in [0.3, 0.4) is 0 Å². The molecule has 7 aromatic carbocycles. The highest BCUT2D eigenvalue weighted by Crippen LogP contribution is 2.52. The van der Waals surface area contributed by atoms with Crippen LogP contribution in [0.4, 0.5) is 139 Å². The summed E-state index contributed by atoms with van der Waals surface area (Å²) in [6, 6.07) is 6.11. The number of fused-ring (bicyclic) bond motifs is 18. The molecule has 0 amide bonds. The number of H-pyrrole nitrogens is 4. The van der Waals surface area contributed by atoms with Crippen LogP contribution >= 0.6 is 0 Å². The fraction of sp³-hybridized carbons (Fsp3) is 0.136. The van der Waals surface area contributed by atoms with Crippen molar-refractivity contribution in [2.24, 2.45) is 0 Å². The van der Waals surface area contributed by atoms with Crippen LogP contribution in [-0.4, -0.2) is 191 Å². The molecule has 0 saturated heterocycles. The van der Waals surface area contributed by atoms with E-state index in [-0.39, 0.29) is 0 Å². The average Bonchev–Trinajstić information content (AvgIpc) is 1.54. The summed E-state index contributed by atoms with van der Waals surface area (Å²) in [6.07, 6.45) is 2.17. The van der Waals surface area contributed by atoms with Crippen molar-refractivity contribution < 1.29 is 183 Å². The first-order chi connectivity index (χ1) is 70.2. The number of halogens is 24. The molecule has 0 atom stereocenters. The van der Waals surface area contributed by atoms with E-state index in [4.69, 9.17) is 9.97 Å². The summed E-state index contributed by atoms with van der Waals surface area (Å²) in [7, 11) is -30.7. The highest BCUT2D eigenvalue weighted by atomic mass is 32.2. The fourth-order valence-corrected chi connectivity index (χ4v) is 19.1. The van der Waals surface area contributed by atoms with Crippen LogP contribution in [0.5, 0.6) is 0 Å². The number of aromatic amines is 4. The van der Waals surface area contributed by atoms with Gasteiger partial charge in [0.1, 0.15) is 34.1 Å². The van der Waals surface area contributed by atoms with Gasteiger partial charge in [-0.1, -0.05) is 0 Å². The molecule has 0 unspecified atom stereocenters. The molecule has 0 saturated carbocycles. The number of aromatic nitrogens is 8. The van der Waals surface area contributed by atoms with Gasteiger partial charge in [0.2, 0.25) is 0 Å². The van der Waals surface area contributed by atoms with E-state index in [0.717, 1.165) is 12.1 Å². The van der Waals surface area contributed by atoms with Crippen molar-refractivity contribution in [2.45, 2.75) is 0 Å². The first kappa shape index (κ1) is 106.